The maximum absolute atomic E-state index is 13.3. The third-order valence-corrected chi connectivity index (χ3v) is 5.51. The van der Waals surface area contributed by atoms with Crippen LogP contribution in [0.4, 0.5) is 4.39 Å². The Balaban J connectivity index is 1.54. The highest BCUT2D eigenvalue weighted by Gasteiger charge is 2.16. The molecule has 0 bridgehead atoms. The zero-order valence-electron chi connectivity index (χ0n) is 15.1. The Bertz CT molecular complexity index is 1110. The number of halogens is 1. The minimum atomic E-state index is -0.301. The van der Waals surface area contributed by atoms with Gasteiger partial charge in [-0.15, -0.1) is 0 Å². The van der Waals surface area contributed by atoms with Crippen molar-refractivity contribution < 1.29 is 9.18 Å². The lowest BCUT2D eigenvalue weighted by molar-refractivity contribution is -0.120. The first-order chi connectivity index (χ1) is 13.7. The average Bonchev–Trinajstić information content (AvgIpc) is 3.04. The fourth-order valence-corrected chi connectivity index (χ4v) is 4.11. The fourth-order valence-electron chi connectivity index (χ4n) is 3.11. The van der Waals surface area contributed by atoms with Crippen LogP contribution in [0.3, 0.4) is 0 Å². The summed E-state index contributed by atoms with van der Waals surface area (Å²) in [6.07, 6.45) is 0.258. The lowest BCUT2D eigenvalue weighted by Gasteiger charge is -2.07. The first kappa shape index (κ1) is 18.3. The number of aromatic nitrogens is 1. The number of H-pyrrole nitrogens is 1. The predicted octanol–water partition coefficient (Wildman–Crippen LogP) is 5.32. The Morgan fingerprint density at radius 2 is 1.75 bits per heavy atom. The van der Waals surface area contributed by atoms with Gasteiger partial charge in [0.1, 0.15) is 5.82 Å². The molecule has 1 heterocycles. The van der Waals surface area contributed by atoms with Crippen molar-refractivity contribution in [2.24, 2.45) is 0 Å². The van der Waals surface area contributed by atoms with E-state index >= 15 is 0 Å². The van der Waals surface area contributed by atoms with Crippen molar-refractivity contribution in [2.75, 3.05) is 0 Å². The molecule has 1 amide bonds. The van der Waals surface area contributed by atoms with Crippen LogP contribution in [0.2, 0.25) is 0 Å². The van der Waals surface area contributed by atoms with Gasteiger partial charge >= 0.3 is 0 Å². The van der Waals surface area contributed by atoms with E-state index < -0.39 is 0 Å². The van der Waals surface area contributed by atoms with Crippen LogP contribution in [0.15, 0.2) is 88.8 Å². The second kappa shape index (κ2) is 8.31. The van der Waals surface area contributed by atoms with E-state index in [0.717, 1.165) is 32.0 Å². The molecule has 0 atom stereocenters. The lowest BCUT2D eigenvalue weighted by Crippen LogP contribution is -2.24. The highest BCUT2D eigenvalue weighted by Crippen LogP contribution is 2.34. The summed E-state index contributed by atoms with van der Waals surface area (Å²) < 4.78 is 13.3. The quantitative estimate of drug-likeness (QED) is 0.468. The normalized spacial score (nSPS) is 10.9. The van der Waals surface area contributed by atoms with E-state index in [1.165, 1.54) is 12.1 Å². The van der Waals surface area contributed by atoms with Crippen molar-refractivity contribution in [3.05, 3.63) is 95.8 Å². The van der Waals surface area contributed by atoms with E-state index in [2.05, 4.69) is 10.3 Å². The van der Waals surface area contributed by atoms with Crippen LogP contribution in [0.25, 0.3) is 10.9 Å². The van der Waals surface area contributed by atoms with Gasteiger partial charge in [0.05, 0.1) is 11.4 Å². The Morgan fingerprint density at radius 3 is 2.57 bits per heavy atom. The maximum Gasteiger partial charge on any atom is 0.224 e. The number of fused-ring (bicyclic) bond motifs is 1. The van der Waals surface area contributed by atoms with Crippen molar-refractivity contribution in [2.45, 2.75) is 22.9 Å². The van der Waals surface area contributed by atoms with Gasteiger partial charge in [0, 0.05) is 27.9 Å². The minimum absolute atomic E-state index is 0.0936. The number of aromatic amines is 1. The summed E-state index contributed by atoms with van der Waals surface area (Å²) in [7, 11) is 0. The smallest absolute Gasteiger partial charge is 0.224 e. The molecule has 0 saturated heterocycles. The topological polar surface area (TPSA) is 44.9 Å². The standard InChI is InChI=1S/C23H19FN2OS/c24-17-8-6-7-16(13-17)15-25-22(27)14-20-19-11-4-5-12-21(19)26-23(20)28-18-9-2-1-3-10-18/h1-13,26H,14-15H2,(H,25,27). The zero-order valence-corrected chi connectivity index (χ0v) is 15.9. The first-order valence-corrected chi connectivity index (χ1v) is 9.84. The van der Waals surface area contributed by atoms with Crippen molar-refractivity contribution >= 4 is 28.6 Å². The van der Waals surface area contributed by atoms with Crippen molar-refractivity contribution in [1.82, 2.24) is 10.3 Å². The van der Waals surface area contributed by atoms with Crippen LogP contribution in [0.1, 0.15) is 11.1 Å². The number of rotatable bonds is 6. The molecule has 0 fully saturated rings. The molecule has 0 spiro atoms. The van der Waals surface area contributed by atoms with E-state index in [-0.39, 0.29) is 18.1 Å². The summed E-state index contributed by atoms with van der Waals surface area (Å²) in [5, 5.41) is 4.90. The van der Waals surface area contributed by atoms with Gasteiger partial charge in [-0.3, -0.25) is 4.79 Å². The molecule has 0 aliphatic rings. The molecular weight excluding hydrogens is 371 g/mol. The number of amides is 1. The largest absolute Gasteiger partial charge is 0.352 e. The summed E-state index contributed by atoms with van der Waals surface area (Å²) in [5.41, 5.74) is 2.72. The second-order valence-electron chi connectivity index (χ2n) is 6.48. The molecule has 28 heavy (non-hydrogen) atoms. The van der Waals surface area contributed by atoms with E-state index in [4.69, 9.17) is 0 Å². The minimum Gasteiger partial charge on any atom is -0.352 e. The maximum atomic E-state index is 13.3. The molecule has 0 radical (unpaired) electrons. The van der Waals surface area contributed by atoms with Gasteiger partial charge in [0.15, 0.2) is 0 Å². The third-order valence-electron chi connectivity index (χ3n) is 4.45. The van der Waals surface area contributed by atoms with Crippen molar-refractivity contribution in [3.8, 4) is 0 Å². The van der Waals surface area contributed by atoms with Crippen LogP contribution in [0.5, 0.6) is 0 Å². The van der Waals surface area contributed by atoms with Crippen LogP contribution in [-0.2, 0) is 17.8 Å². The molecule has 4 rings (SSSR count). The molecule has 2 N–H and O–H groups in total. The van der Waals surface area contributed by atoms with E-state index in [9.17, 15) is 9.18 Å². The van der Waals surface area contributed by atoms with Gasteiger partial charge < -0.3 is 10.3 Å². The van der Waals surface area contributed by atoms with Gasteiger partial charge in [-0.25, -0.2) is 4.39 Å². The predicted molar refractivity (Wildman–Crippen MR) is 111 cm³/mol. The lowest BCUT2D eigenvalue weighted by atomic mass is 10.1. The summed E-state index contributed by atoms with van der Waals surface area (Å²) in [6.45, 7) is 0.306. The highest BCUT2D eigenvalue weighted by atomic mass is 32.2. The monoisotopic (exact) mass is 390 g/mol. The van der Waals surface area contributed by atoms with Crippen LogP contribution in [0, 0.1) is 5.82 Å². The average molecular weight is 390 g/mol. The Morgan fingerprint density at radius 1 is 0.964 bits per heavy atom. The summed E-state index contributed by atoms with van der Waals surface area (Å²) in [4.78, 5) is 17.1. The molecule has 3 nitrogen and oxygen atoms in total. The molecule has 0 aliphatic heterocycles. The van der Waals surface area contributed by atoms with Crippen LogP contribution >= 0.6 is 11.8 Å². The SMILES string of the molecule is O=C(Cc1c(Sc2ccccc2)[nH]c2ccccc12)NCc1cccc(F)c1. The molecule has 0 unspecified atom stereocenters. The number of para-hydroxylation sites is 1. The van der Waals surface area contributed by atoms with E-state index in [0.29, 0.717) is 6.54 Å². The molecule has 4 aromatic rings. The summed E-state index contributed by atoms with van der Waals surface area (Å²) in [5.74, 6) is -0.395. The fraction of sp³-hybridized carbons (Fsp3) is 0.0870. The molecular formula is C23H19FN2OS. The number of benzene rings is 3. The highest BCUT2D eigenvalue weighted by molar-refractivity contribution is 7.99. The van der Waals surface area contributed by atoms with Crippen molar-refractivity contribution in [1.29, 1.82) is 0 Å². The molecule has 140 valence electrons. The molecule has 3 aromatic carbocycles. The molecule has 0 saturated carbocycles. The van der Waals surface area contributed by atoms with Crippen LogP contribution in [-0.4, -0.2) is 10.9 Å². The molecule has 1 aromatic heterocycles. The third kappa shape index (κ3) is 4.26. The summed E-state index contributed by atoms with van der Waals surface area (Å²) >= 11 is 1.61. The number of carbonyl (C=O) groups is 1. The Hall–Kier alpha value is -3.05. The number of nitrogens with one attached hydrogen (secondary N) is 2. The Labute approximate surface area is 167 Å². The van der Waals surface area contributed by atoms with Gasteiger partial charge in [0.2, 0.25) is 5.91 Å². The summed E-state index contributed by atoms with van der Waals surface area (Å²) in [6, 6.07) is 24.3. The number of hydrogen-bond donors (Lipinski definition) is 2. The van der Waals surface area contributed by atoms with Crippen LogP contribution < -0.4 is 5.32 Å². The van der Waals surface area contributed by atoms with E-state index in [1.807, 2.05) is 54.6 Å². The van der Waals surface area contributed by atoms with Gasteiger partial charge in [-0.05, 0) is 35.9 Å². The second-order valence-corrected chi connectivity index (χ2v) is 7.56. The molecule has 0 aliphatic carbocycles. The van der Waals surface area contributed by atoms with E-state index in [1.54, 1.807) is 23.9 Å². The zero-order chi connectivity index (χ0) is 19.3. The first-order valence-electron chi connectivity index (χ1n) is 9.02. The van der Waals surface area contributed by atoms with Gasteiger partial charge in [-0.1, -0.05) is 60.3 Å². The van der Waals surface area contributed by atoms with Gasteiger partial charge in [0.25, 0.3) is 0 Å². The Kier molecular flexibility index (Phi) is 5.44. The molecule has 5 heteroatoms. The van der Waals surface area contributed by atoms with Gasteiger partial charge in [-0.2, -0.15) is 0 Å². The van der Waals surface area contributed by atoms with Crippen molar-refractivity contribution in [3.63, 3.8) is 0 Å². The number of carbonyl (C=O) groups excluding carboxylic acids is 1. The number of hydrogen-bond acceptors (Lipinski definition) is 2.